The minimum atomic E-state index is -0.711. The van der Waals surface area contributed by atoms with Crippen molar-refractivity contribution in [2.75, 3.05) is 0 Å². The van der Waals surface area contributed by atoms with Crippen molar-refractivity contribution in [2.24, 2.45) is 0 Å². The predicted molar refractivity (Wildman–Crippen MR) is 22.5 cm³/mol. The minimum Gasteiger partial charge on any atom is -0.481 e. The van der Waals surface area contributed by atoms with Gasteiger partial charge in [0.1, 0.15) is 0 Å². The fraction of sp³-hybridized carbons (Fsp3) is 0.750. The summed E-state index contributed by atoms with van der Waals surface area (Å²) in [5.74, 6) is -0.711. The number of aliphatic carboxylic acids is 1. The lowest BCUT2D eigenvalue weighted by Crippen LogP contribution is -1.90. The quantitative estimate of drug-likeness (QED) is 0.513. The van der Waals surface area contributed by atoms with Crippen LogP contribution in [-0.2, 0) is 4.79 Å². The first-order chi connectivity index (χ1) is 2.77. The minimum absolute atomic E-state index is 0.292. The van der Waals surface area contributed by atoms with Gasteiger partial charge in [-0.05, 0) is 6.42 Å². The summed E-state index contributed by atoms with van der Waals surface area (Å²) in [6, 6.07) is 0. The lowest BCUT2D eigenvalue weighted by Gasteiger charge is -1.79. The maximum Gasteiger partial charge on any atom is 0.303 e. The van der Waals surface area contributed by atoms with Crippen molar-refractivity contribution in [1.82, 2.24) is 0 Å². The van der Waals surface area contributed by atoms with Crippen LogP contribution >= 0.6 is 0 Å². The Hall–Kier alpha value is -0.530. The van der Waals surface area contributed by atoms with Crippen molar-refractivity contribution in [1.29, 1.82) is 0 Å². The summed E-state index contributed by atoms with van der Waals surface area (Å²) in [5, 5.41) is 7.91. The van der Waals surface area contributed by atoms with E-state index in [1.54, 1.807) is 0 Å². The molecule has 0 saturated carbocycles. The van der Waals surface area contributed by atoms with Crippen LogP contribution in [0.15, 0.2) is 0 Å². The second-order valence-electron chi connectivity index (χ2n) is 1.14. The summed E-state index contributed by atoms with van der Waals surface area (Å²) in [6.07, 6.45) is 1.02. The molecule has 0 aromatic rings. The number of carbonyl (C=O) groups is 1. The molecule has 36 valence electrons. The Kier molecular flexibility index (Phi) is 2.46. The van der Waals surface area contributed by atoms with Crippen molar-refractivity contribution in [2.45, 2.75) is 19.8 Å². The van der Waals surface area contributed by atoms with E-state index in [2.05, 4.69) is 0 Å². The van der Waals surface area contributed by atoms with Crippen LogP contribution in [0, 0.1) is 0 Å². The van der Waals surface area contributed by atoms with Gasteiger partial charge in [0.25, 0.3) is 0 Å². The SMILES string of the molecule is [13CH3][13CH2][13CH2][13C](=O)O. The highest BCUT2D eigenvalue weighted by Crippen LogP contribution is 1.82. The molecular weight excluding hydrogens is 84.0 g/mol. The first kappa shape index (κ1) is 5.47. The van der Waals surface area contributed by atoms with Gasteiger partial charge in [0.15, 0.2) is 0 Å². The van der Waals surface area contributed by atoms with Crippen LogP contribution in [0.5, 0.6) is 0 Å². The van der Waals surface area contributed by atoms with Gasteiger partial charge in [-0.15, -0.1) is 0 Å². The Labute approximate surface area is 36.8 Å². The van der Waals surface area contributed by atoms with E-state index >= 15 is 0 Å². The molecule has 0 spiro atoms. The molecule has 6 heavy (non-hydrogen) atoms. The van der Waals surface area contributed by atoms with Crippen molar-refractivity contribution in [3.8, 4) is 0 Å². The molecule has 0 rings (SSSR count). The van der Waals surface area contributed by atoms with Gasteiger partial charge in [-0.2, -0.15) is 0 Å². The van der Waals surface area contributed by atoms with E-state index in [1.165, 1.54) is 0 Å². The molecule has 0 bridgehead atoms. The maximum absolute atomic E-state index is 9.60. The Morgan fingerprint density at radius 1 is 1.83 bits per heavy atom. The summed E-state index contributed by atoms with van der Waals surface area (Å²) in [6.45, 7) is 1.84. The molecule has 0 aliphatic rings. The highest BCUT2D eigenvalue weighted by Gasteiger charge is 1.87. The third-order valence-electron chi connectivity index (χ3n) is 0.464. The zero-order valence-corrected chi connectivity index (χ0v) is 3.77. The topological polar surface area (TPSA) is 37.3 Å². The summed E-state index contributed by atoms with van der Waals surface area (Å²) in [5.41, 5.74) is 0. The monoisotopic (exact) mass is 92.1 g/mol. The molecule has 0 radical (unpaired) electrons. The van der Waals surface area contributed by atoms with E-state index in [1.807, 2.05) is 6.92 Å². The average molecular weight is 92.1 g/mol. The molecular formula is C4H8O2. The van der Waals surface area contributed by atoms with Crippen LogP contribution in [0.25, 0.3) is 0 Å². The third kappa shape index (κ3) is 3.47. The third-order valence-corrected chi connectivity index (χ3v) is 0.464. The Balaban J connectivity index is 2.83. The maximum atomic E-state index is 9.60. The van der Waals surface area contributed by atoms with Crippen LogP contribution in [0.3, 0.4) is 0 Å². The van der Waals surface area contributed by atoms with Crippen molar-refractivity contribution in [3.05, 3.63) is 0 Å². The van der Waals surface area contributed by atoms with E-state index in [0.29, 0.717) is 6.42 Å². The molecule has 0 atom stereocenters. The Morgan fingerprint density at radius 2 is 2.33 bits per heavy atom. The van der Waals surface area contributed by atoms with Crippen LogP contribution < -0.4 is 0 Å². The number of carboxylic acid groups (broad SMARTS) is 1. The van der Waals surface area contributed by atoms with E-state index in [-0.39, 0.29) is 0 Å². The van der Waals surface area contributed by atoms with Gasteiger partial charge in [0.05, 0.1) is 0 Å². The summed E-state index contributed by atoms with van der Waals surface area (Å²) < 4.78 is 0. The summed E-state index contributed by atoms with van der Waals surface area (Å²) in [7, 11) is 0. The molecule has 1 N–H and O–H groups in total. The Bertz CT molecular complexity index is 49.5. The van der Waals surface area contributed by atoms with Crippen LogP contribution in [-0.4, -0.2) is 11.1 Å². The average Bonchev–Trinajstić information content (AvgIpc) is 1.35. The van der Waals surface area contributed by atoms with Crippen LogP contribution in [0.2, 0.25) is 0 Å². The molecule has 2 heteroatoms. The largest absolute Gasteiger partial charge is 0.481 e. The number of hydrogen-bond donors (Lipinski definition) is 1. The lowest BCUT2D eigenvalue weighted by atomic mass is 11.3. The van der Waals surface area contributed by atoms with E-state index < -0.39 is 5.97 Å². The molecule has 0 aromatic heterocycles. The zero-order valence-electron chi connectivity index (χ0n) is 3.77. The fourth-order valence-corrected chi connectivity index (χ4v) is 0.214. The van der Waals surface area contributed by atoms with Crippen molar-refractivity contribution >= 4 is 5.97 Å². The molecule has 0 aromatic carbocycles. The van der Waals surface area contributed by atoms with E-state index in [0.717, 1.165) is 6.42 Å². The van der Waals surface area contributed by atoms with E-state index in [9.17, 15) is 4.79 Å². The number of hydrogen-bond acceptors (Lipinski definition) is 1. The van der Waals surface area contributed by atoms with E-state index in [4.69, 9.17) is 5.11 Å². The predicted octanol–water partition coefficient (Wildman–Crippen LogP) is 0.871. The zero-order chi connectivity index (χ0) is 4.99. The molecule has 0 aliphatic heterocycles. The molecule has 0 heterocycles. The molecule has 0 amide bonds. The standard InChI is InChI=1S/C4H8O2/c1-2-3-4(5)6/h2-3H2,1H3,(H,5,6)/i1+1,2+1,3+1,4+1. The van der Waals surface area contributed by atoms with Crippen molar-refractivity contribution in [3.63, 3.8) is 0 Å². The molecule has 0 fully saturated rings. The fourth-order valence-electron chi connectivity index (χ4n) is 0.214. The van der Waals surface area contributed by atoms with Crippen molar-refractivity contribution < 1.29 is 9.90 Å². The molecule has 0 aliphatic carbocycles. The Morgan fingerprint density at radius 3 is 2.33 bits per heavy atom. The normalized spacial score (nSPS) is 8.17. The molecule has 0 saturated heterocycles. The van der Waals surface area contributed by atoms with Gasteiger partial charge in [0.2, 0.25) is 0 Å². The van der Waals surface area contributed by atoms with Gasteiger partial charge >= 0.3 is 5.97 Å². The second kappa shape index (κ2) is 2.69. The second-order valence-corrected chi connectivity index (χ2v) is 1.14. The highest BCUT2D eigenvalue weighted by molar-refractivity contribution is 5.66. The van der Waals surface area contributed by atoms with Gasteiger partial charge < -0.3 is 5.11 Å². The summed E-state index contributed by atoms with van der Waals surface area (Å²) >= 11 is 0. The molecule has 0 unspecified atom stereocenters. The highest BCUT2D eigenvalue weighted by atomic mass is 16.5. The first-order valence-corrected chi connectivity index (χ1v) is 1.99. The van der Waals surface area contributed by atoms with Crippen LogP contribution in [0.1, 0.15) is 19.8 Å². The van der Waals surface area contributed by atoms with Gasteiger partial charge in [-0.1, -0.05) is 6.92 Å². The molecule has 2 nitrogen and oxygen atoms in total. The smallest absolute Gasteiger partial charge is 0.303 e. The summed E-state index contributed by atoms with van der Waals surface area (Å²) in [4.78, 5) is 9.60. The number of rotatable bonds is 2. The lowest BCUT2D eigenvalue weighted by molar-refractivity contribution is -0.137. The first-order valence-electron chi connectivity index (χ1n) is 1.99. The van der Waals surface area contributed by atoms with Gasteiger partial charge in [-0.3, -0.25) is 4.79 Å². The van der Waals surface area contributed by atoms with Gasteiger partial charge in [-0.25, -0.2) is 0 Å². The van der Waals surface area contributed by atoms with Crippen LogP contribution in [0.4, 0.5) is 0 Å². The number of carboxylic acids is 1. The van der Waals surface area contributed by atoms with Gasteiger partial charge in [0, 0.05) is 6.42 Å².